The van der Waals surface area contributed by atoms with Crippen molar-refractivity contribution in [2.75, 3.05) is 5.32 Å². The second-order valence-electron chi connectivity index (χ2n) is 7.60. The van der Waals surface area contributed by atoms with Gasteiger partial charge in [-0.3, -0.25) is 9.78 Å². The minimum atomic E-state index is -0.686. The molecule has 0 spiro atoms. The number of benzene rings is 1. The number of hydrogen-bond donors (Lipinski definition) is 2. The Balaban J connectivity index is 1.45. The molecule has 7 heteroatoms. The Bertz CT molecular complexity index is 1080. The molecule has 1 aliphatic carbocycles. The van der Waals surface area contributed by atoms with Gasteiger partial charge in [0.1, 0.15) is 5.82 Å². The van der Waals surface area contributed by atoms with Gasteiger partial charge in [0.15, 0.2) is 0 Å². The lowest BCUT2D eigenvalue weighted by molar-refractivity contribution is 0.102. The molecule has 0 aliphatic heterocycles. The number of nitrogens with one attached hydrogen (secondary N) is 1. The highest BCUT2D eigenvalue weighted by atomic mass is 19.1. The summed E-state index contributed by atoms with van der Waals surface area (Å²) in [5, 5.41) is 22.2. The lowest BCUT2D eigenvalue weighted by Crippen LogP contribution is -2.33. The SMILES string of the molecule is N#C[C@]1(c2ccc(NC(=O)c3ccn(-c4ccc(F)cc4)c3)cn2)CC[C@H](O)CC1. The molecule has 1 aliphatic rings. The van der Waals surface area contributed by atoms with Gasteiger partial charge in [-0.05, 0) is 68.1 Å². The number of aromatic nitrogens is 2. The highest BCUT2D eigenvalue weighted by Gasteiger charge is 2.37. The maximum absolute atomic E-state index is 13.1. The predicted octanol–water partition coefficient (Wildman–Crippen LogP) is 3.96. The molecule has 152 valence electrons. The van der Waals surface area contributed by atoms with Crippen LogP contribution in [0.5, 0.6) is 0 Å². The number of carbonyl (C=O) groups is 1. The van der Waals surface area contributed by atoms with Gasteiger partial charge in [-0.2, -0.15) is 5.26 Å². The van der Waals surface area contributed by atoms with E-state index in [0.29, 0.717) is 42.6 Å². The second-order valence-corrected chi connectivity index (χ2v) is 7.60. The van der Waals surface area contributed by atoms with Crippen molar-refractivity contribution in [3.8, 4) is 11.8 Å². The topological polar surface area (TPSA) is 90.9 Å². The third-order valence-corrected chi connectivity index (χ3v) is 5.61. The molecule has 4 rings (SSSR count). The maximum Gasteiger partial charge on any atom is 0.257 e. The van der Waals surface area contributed by atoms with E-state index in [0.717, 1.165) is 5.69 Å². The summed E-state index contributed by atoms with van der Waals surface area (Å²) in [5.74, 6) is -0.608. The molecule has 1 fully saturated rings. The molecule has 0 radical (unpaired) electrons. The third kappa shape index (κ3) is 3.95. The first-order valence-corrected chi connectivity index (χ1v) is 9.80. The smallest absolute Gasteiger partial charge is 0.257 e. The quantitative estimate of drug-likeness (QED) is 0.689. The van der Waals surface area contributed by atoms with E-state index in [9.17, 15) is 19.6 Å². The van der Waals surface area contributed by atoms with Gasteiger partial charge in [-0.25, -0.2) is 4.39 Å². The van der Waals surface area contributed by atoms with Crippen molar-refractivity contribution >= 4 is 11.6 Å². The summed E-state index contributed by atoms with van der Waals surface area (Å²) in [4.78, 5) is 17.0. The molecular formula is C23H21FN4O2. The summed E-state index contributed by atoms with van der Waals surface area (Å²) in [6, 6.07) is 13.6. The minimum Gasteiger partial charge on any atom is -0.393 e. The van der Waals surface area contributed by atoms with Crippen molar-refractivity contribution in [2.45, 2.75) is 37.2 Å². The largest absolute Gasteiger partial charge is 0.393 e. The van der Waals surface area contributed by atoms with Gasteiger partial charge in [0, 0.05) is 18.1 Å². The minimum absolute atomic E-state index is 0.291. The Morgan fingerprint density at radius 3 is 2.57 bits per heavy atom. The molecule has 0 saturated heterocycles. The molecule has 1 saturated carbocycles. The second kappa shape index (κ2) is 8.09. The van der Waals surface area contributed by atoms with Crippen LogP contribution in [0.15, 0.2) is 61.1 Å². The van der Waals surface area contributed by atoms with Crippen molar-refractivity contribution in [3.05, 3.63) is 78.1 Å². The highest BCUT2D eigenvalue weighted by molar-refractivity contribution is 6.04. The standard InChI is InChI=1S/C23H21FN4O2/c24-17-1-4-19(5-2-17)28-12-9-16(14-28)22(30)27-18-3-6-21(26-13-18)23(15-25)10-7-20(29)8-11-23/h1-6,9,12-14,20,29H,7-8,10-11H2,(H,27,30)/t20-,23-. The van der Waals surface area contributed by atoms with Gasteiger partial charge in [-0.1, -0.05) is 0 Å². The molecule has 2 N–H and O–H groups in total. The van der Waals surface area contributed by atoms with Gasteiger partial charge in [0.25, 0.3) is 5.91 Å². The molecule has 2 heterocycles. The molecule has 0 unspecified atom stereocenters. The molecule has 6 nitrogen and oxygen atoms in total. The van der Waals surface area contributed by atoms with E-state index in [-0.39, 0.29) is 17.8 Å². The summed E-state index contributed by atoms with van der Waals surface area (Å²) in [6.45, 7) is 0. The van der Waals surface area contributed by atoms with Gasteiger partial charge in [-0.15, -0.1) is 0 Å². The number of aliphatic hydroxyl groups is 1. The first-order valence-electron chi connectivity index (χ1n) is 9.80. The monoisotopic (exact) mass is 404 g/mol. The zero-order valence-electron chi connectivity index (χ0n) is 16.3. The maximum atomic E-state index is 13.1. The zero-order valence-corrected chi connectivity index (χ0v) is 16.3. The van der Waals surface area contributed by atoms with Gasteiger partial charge < -0.3 is 15.0 Å². The van der Waals surface area contributed by atoms with Crippen LogP contribution in [0.4, 0.5) is 10.1 Å². The van der Waals surface area contributed by atoms with Crippen LogP contribution >= 0.6 is 0 Å². The van der Waals surface area contributed by atoms with Gasteiger partial charge in [0.05, 0.1) is 40.7 Å². The molecule has 0 bridgehead atoms. The van der Waals surface area contributed by atoms with E-state index in [4.69, 9.17) is 0 Å². The van der Waals surface area contributed by atoms with E-state index in [2.05, 4.69) is 16.4 Å². The van der Waals surface area contributed by atoms with Crippen LogP contribution in [0.2, 0.25) is 0 Å². The van der Waals surface area contributed by atoms with Crippen LogP contribution in [0, 0.1) is 17.1 Å². The lowest BCUT2D eigenvalue weighted by Gasteiger charge is -2.32. The van der Waals surface area contributed by atoms with Crippen LogP contribution in [0.1, 0.15) is 41.7 Å². The Kier molecular flexibility index (Phi) is 5.34. The fourth-order valence-corrected chi connectivity index (χ4v) is 3.78. The van der Waals surface area contributed by atoms with Crippen molar-refractivity contribution in [3.63, 3.8) is 0 Å². The molecule has 30 heavy (non-hydrogen) atoms. The van der Waals surface area contributed by atoms with Gasteiger partial charge in [0.2, 0.25) is 0 Å². The highest BCUT2D eigenvalue weighted by Crippen LogP contribution is 2.38. The first kappa shape index (κ1) is 19.8. The van der Waals surface area contributed by atoms with Crippen molar-refractivity contribution in [1.29, 1.82) is 5.26 Å². The molecule has 0 atom stereocenters. The number of halogens is 1. The molecule has 3 aromatic rings. The lowest BCUT2D eigenvalue weighted by atomic mass is 9.72. The number of amides is 1. The number of nitrogens with zero attached hydrogens (tertiary/aromatic N) is 3. The number of anilines is 1. The Morgan fingerprint density at radius 1 is 1.20 bits per heavy atom. The number of nitriles is 1. The van der Waals surface area contributed by atoms with Crippen LogP contribution in [-0.4, -0.2) is 26.7 Å². The van der Waals surface area contributed by atoms with E-state index < -0.39 is 5.41 Å². The number of carbonyl (C=O) groups excluding carboxylic acids is 1. The fraction of sp³-hybridized carbons (Fsp3) is 0.261. The van der Waals surface area contributed by atoms with E-state index in [1.807, 2.05) is 0 Å². The van der Waals surface area contributed by atoms with Crippen molar-refractivity contribution in [1.82, 2.24) is 9.55 Å². The summed E-state index contributed by atoms with van der Waals surface area (Å²) in [7, 11) is 0. The number of hydrogen-bond acceptors (Lipinski definition) is 4. The normalized spacial score (nSPS) is 21.0. The number of aliphatic hydroxyl groups excluding tert-OH is 1. The summed E-state index contributed by atoms with van der Waals surface area (Å²) in [6.07, 6.45) is 6.90. The zero-order chi connectivity index (χ0) is 21.1. The summed E-state index contributed by atoms with van der Waals surface area (Å²) < 4.78 is 14.8. The molecule has 1 amide bonds. The van der Waals surface area contributed by atoms with E-state index in [1.165, 1.54) is 12.1 Å². The third-order valence-electron chi connectivity index (χ3n) is 5.61. The Labute approximate surface area is 173 Å². The molecule has 2 aromatic heterocycles. The summed E-state index contributed by atoms with van der Waals surface area (Å²) >= 11 is 0. The van der Waals surface area contributed by atoms with Crippen LogP contribution < -0.4 is 5.32 Å². The summed E-state index contributed by atoms with van der Waals surface area (Å²) in [5.41, 5.74) is 1.72. The van der Waals surface area contributed by atoms with E-state index >= 15 is 0 Å². The average molecular weight is 404 g/mol. The Hall–Kier alpha value is -3.50. The van der Waals surface area contributed by atoms with Crippen LogP contribution in [-0.2, 0) is 5.41 Å². The number of rotatable bonds is 4. The first-order chi connectivity index (χ1) is 14.5. The molecular weight excluding hydrogens is 383 g/mol. The predicted molar refractivity (Wildman–Crippen MR) is 110 cm³/mol. The number of pyridine rings is 1. The fourth-order valence-electron chi connectivity index (χ4n) is 3.78. The average Bonchev–Trinajstić information content (AvgIpc) is 3.26. The van der Waals surface area contributed by atoms with Crippen molar-refractivity contribution < 1.29 is 14.3 Å². The van der Waals surface area contributed by atoms with Crippen molar-refractivity contribution in [2.24, 2.45) is 0 Å². The van der Waals surface area contributed by atoms with Crippen LogP contribution in [0.3, 0.4) is 0 Å². The Morgan fingerprint density at radius 2 is 1.93 bits per heavy atom. The van der Waals surface area contributed by atoms with Gasteiger partial charge >= 0.3 is 0 Å². The van der Waals surface area contributed by atoms with Crippen LogP contribution in [0.25, 0.3) is 5.69 Å². The molecule has 1 aromatic carbocycles. The van der Waals surface area contributed by atoms with E-state index in [1.54, 1.807) is 53.5 Å².